The van der Waals surface area contributed by atoms with Gasteiger partial charge in [-0.15, -0.1) is 0 Å². The fourth-order valence-corrected chi connectivity index (χ4v) is 5.89. The zero-order chi connectivity index (χ0) is 16.6. The van der Waals surface area contributed by atoms with Gasteiger partial charge in [0.05, 0.1) is 12.2 Å². The molecule has 3 aliphatic rings. The third kappa shape index (κ3) is 2.98. The third-order valence-corrected chi connectivity index (χ3v) is 7.16. The molecule has 0 unspecified atom stereocenters. The summed E-state index contributed by atoms with van der Waals surface area (Å²) in [5.74, 6) is 2.15. The van der Waals surface area contributed by atoms with E-state index >= 15 is 0 Å². The van der Waals surface area contributed by atoms with Gasteiger partial charge in [0, 0.05) is 16.4 Å². The lowest BCUT2D eigenvalue weighted by atomic mass is 9.74. The normalized spacial score (nSPS) is 33.5. The summed E-state index contributed by atoms with van der Waals surface area (Å²) >= 11 is 1.85. The van der Waals surface area contributed by atoms with E-state index in [0.717, 1.165) is 5.75 Å². The van der Waals surface area contributed by atoms with Crippen molar-refractivity contribution in [2.75, 3.05) is 0 Å². The minimum absolute atomic E-state index is 0.130. The highest BCUT2D eigenvalue weighted by molar-refractivity contribution is 7.99. The molecule has 2 aliphatic heterocycles. The summed E-state index contributed by atoms with van der Waals surface area (Å²) in [6.07, 6.45) is 7.09. The van der Waals surface area contributed by atoms with Crippen LogP contribution in [0.4, 0.5) is 0 Å². The Morgan fingerprint density at radius 1 is 0.880 bits per heavy atom. The Kier molecular flexibility index (Phi) is 4.23. The highest BCUT2D eigenvalue weighted by Gasteiger charge is 2.47. The van der Waals surface area contributed by atoms with Gasteiger partial charge in [0.1, 0.15) is 5.75 Å². The second kappa shape index (κ2) is 6.69. The van der Waals surface area contributed by atoms with Gasteiger partial charge in [-0.25, -0.2) is 0 Å². The maximum Gasteiger partial charge on any atom is 0.154 e. The zero-order valence-electron chi connectivity index (χ0n) is 14.3. The van der Waals surface area contributed by atoms with Crippen LogP contribution in [0.1, 0.15) is 43.8 Å². The highest BCUT2D eigenvalue weighted by Crippen LogP contribution is 2.53. The van der Waals surface area contributed by atoms with Gasteiger partial charge in [0.2, 0.25) is 0 Å². The molecule has 1 aliphatic carbocycles. The van der Waals surface area contributed by atoms with Gasteiger partial charge in [-0.3, -0.25) is 0 Å². The summed E-state index contributed by atoms with van der Waals surface area (Å²) in [6, 6.07) is 19.1. The zero-order valence-corrected chi connectivity index (χ0v) is 15.2. The van der Waals surface area contributed by atoms with Crippen molar-refractivity contribution in [3.63, 3.8) is 0 Å². The first-order chi connectivity index (χ1) is 12.4. The third-order valence-electron chi connectivity index (χ3n) is 5.94. The van der Waals surface area contributed by atoms with E-state index in [4.69, 9.17) is 9.47 Å². The smallest absolute Gasteiger partial charge is 0.154 e. The van der Waals surface area contributed by atoms with E-state index in [0.29, 0.717) is 17.9 Å². The molecule has 0 amide bonds. The largest absolute Gasteiger partial charge is 0.479 e. The predicted molar refractivity (Wildman–Crippen MR) is 101 cm³/mol. The van der Waals surface area contributed by atoms with Crippen molar-refractivity contribution >= 4 is 11.8 Å². The minimum atomic E-state index is 0.130. The lowest BCUT2D eigenvalue weighted by Crippen LogP contribution is -2.45. The monoisotopic (exact) mass is 352 g/mol. The summed E-state index contributed by atoms with van der Waals surface area (Å²) in [4.78, 5) is 1.27. The van der Waals surface area contributed by atoms with Crippen molar-refractivity contribution in [3.8, 4) is 5.75 Å². The Morgan fingerprint density at radius 3 is 2.60 bits per heavy atom. The average Bonchev–Trinajstić information content (AvgIpc) is 2.68. The molecule has 2 aromatic rings. The van der Waals surface area contributed by atoms with Crippen LogP contribution in [0.5, 0.6) is 5.75 Å². The number of benzene rings is 2. The fourth-order valence-electron chi connectivity index (χ4n) is 4.72. The van der Waals surface area contributed by atoms with Crippen LogP contribution in [0, 0.1) is 11.8 Å². The van der Waals surface area contributed by atoms with Crippen molar-refractivity contribution in [1.82, 2.24) is 0 Å². The molecule has 0 spiro atoms. The maximum atomic E-state index is 6.70. The molecule has 130 valence electrons. The number of hydrogen-bond acceptors (Lipinski definition) is 3. The van der Waals surface area contributed by atoms with Crippen molar-refractivity contribution in [2.45, 2.75) is 54.6 Å². The van der Waals surface area contributed by atoms with E-state index < -0.39 is 0 Å². The first-order valence-electron chi connectivity index (χ1n) is 9.51. The van der Waals surface area contributed by atoms with Gasteiger partial charge >= 0.3 is 0 Å². The molecule has 0 N–H and O–H groups in total. The van der Waals surface area contributed by atoms with E-state index in [1.165, 1.54) is 42.6 Å². The molecular formula is C22H24O2S. The topological polar surface area (TPSA) is 18.5 Å². The van der Waals surface area contributed by atoms with Crippen LogP contribution in [0.15, 0.2) is 59.5 Å². The van der Waals surface area contributed by atoms with E-state index in [1.807, 2.05) is 11.8 Å². The molecule has 1 saturated heterocycles. The van der Waals surface area contributed by atoms with E-state index in [2.05, 4.69) is 54.6 Å². The molecule has 2 aromatic carbocycles. The summed E-state index contributed by atoms with van der Waals surface area (Å²) in [6.45, 7) is 0. The Bertz CT molecular complexity index is 732. The van der Waals surface area contributed by atoms with Crippen molar-refractivity contribution in [2.24, 2.45) is 11.8 Å². The summed E-state index contributed by atoms with van der Waals surface area (Å²) in [7, 11) is 0. The molecule has 2 heterocycles. The van der Waals surface area contributed by atoms with Crippen LogP contribution in [-0.4, -0.2) is 11.5 Å². The van der Waals surface area contributed by atoms with Crippen LogP contribution in [0.2, 0.25) is 0 Å². The van der Waals surface area contributed by atoms with Crippen molar-refractivity contribution in [3.05, 3.63) is 60.2 Å². The Hall–Kier alpha value is -1.45. The predicted octanol–water partition coefficient (Wildman–Crippen LogP) is 5.83. The molecule has 2 fully saturated rings. The lowest BCUT2D eigenvalue weighted by molar-refractivity contribution is -0.150. The van der Waals surface area contributed by atoms with Gasteiger partial charge < -0.3 is 9.47 Å². The van der Waals surface area contributed by atoms with Gasteiger partial charge in [-0.05, 0) is 43.4 Å². The van der Waals surface area contributed by atoms with Crippen LogP contribution in [-0.2, 0) is 4.74 Å². The van der Waals surface area contributed by atoms with Crippen molar-refractivity contribution < 1.29 is 9.47 Å². The molecule has 2 nitrogen and oxygen atoms in total. The van der Waals surface area contributed by atoms with Crippen LogP contribution in [0.25, 0.3) is 0 Å². The Labute approximate surface area is 153 Å². The van der Waals surface area contributed by atoms with Gasteiger partial charge in [-0.2, -0.15) is 0 Å². The first-order valence-corrected chi connectivity index (χ1v) is 10.4. The van der Waals surface area contributed by atoms with E-state index in [1.54, 1.807) is 0 Å². The van der Waals surface area contributed by atoms with Crippen LogP contribution < -0.4 is 4.74 Å². The van der Waals surface area contributed by atoms with Gasteiger partial charge in [0.25, 0.3) is 0 Å². The van der Waals surface area contributed by atoms with E-state index in [9.17, 15) is 0 Å². The Morgan fingerprint density at radius 2 is 1.68 bits per heavy atom. The molecule has 3 heteroatoms. The summed E-state index contributed by atoms with van der Waals surface area (Å²) < 4.78 is 13.2. The highest BCUT2D eigenvalue weighted by atomic mass is 32.2. The molecule has 5 atom stereocenters. The second-order valence-corrected chi connectivity index (χ2v) is 8.67. The summed E-state index contributed by atoms with van der Waals surface area (Å²) in [5, 5.41) is 0. The number of thioether (sulfide) groups is 1. The van der Waals surface area contributed by atoms with Crippen molar-refractivity contribution in [1.29, 1.82) is 0 Å². The van der Waals surface area contributed by atoms with Gasteiger partial charge in [-0.1, -0.05) is 61.0 Å². The second-order valence-electron chi connectivity index (χ2n) is 7.49. The molecule has 1 saturated carbocycles. The standard InChI is InChI=1S/C22H24O2S/c1-2-9-16(10-3-1)25-22-18-14-15-8-4-6-12-19(15)23-21(18)17-11-5-7-13-20(17)24-22/h1-3,5,7,9-11,13,15,18-19,21-22H,4,6,8,12,14H2/t15-,18-,19-,21+,22+/m1/s1. The molecule has 5 rings (SSSR count). The number of fused-ring (bicyclic) bond motifs is 4. The summed E-state index contributed by atoms with van der Waals surface area (Å²) in [5.41, 5.74) is 1.38. The lowest BCUT2D eigenvalue weighted by Gasteiger charge is -2.48. The van der Waals surface area contributed by atoms with Gasteiger partial charge in [0.15, 0.2) is 5.44 Å². The Balaban J connectivity index is 1.48. The molecule has 0 bridgehead atoms. The number of para-hydroxylation sites is 1. The fraction of sp³-hybridized carbons (Fsp3) is 0.455. The molecular weight excluding hydrogens is 328 g/mol. The van der Waals surface area contributed by atoms with Crippen LogP contribution >= 0.6 is 11.8 Å². The number of ether oxygens (including phenoxy) is 2. The number of rotatable bonds is 2. The molecule has 0 aromatic heterocycles. The maximum absolute atomic E-state index is 6.70. The van der Waals surface area contributed by atoms with Crippen LogP contribution in [0.3, 0.4) is 0 Å². The SMILES string of the molecule is c1ccc(S[C@@H]2Oc3ccccc3[C@@H]3O[C@@H]4CCCC[C@@H]4C[C@@H]23)cc1. The average molecular weight is 352 g/mol. The quantitative estimate of drug-likeness (QED) is 0.677. The number of hydrogen-bond donors (Lipinski definition) is 0. The first kappa shape index (κ1) is 15.8. The minimum Gasteiger partial charge on any atom is -0.479 e. The molecule has 25 heavy (non-hydrogen) atoms. The van der Waals surface area contributed by atoms with E-state index in [-0.39, 0.29) is 11.5 Å². The molecule has 0 radical (unpaired) electrons.